The molecule has 0 aromatic heterocycles. The normalized spacial score (nSPS) is 30.3. The molecule has 1 heterocycles. The lowest BCUT2D eigenvalue weighted by Gasteiger charge is -2.29. The molecule has 0 unspecified atom stereocenters. The molecule has 16 heavy (non-hydrogen) atoms. The van der Waals surface area contributed by atoms with E-state index in [0.717, 1.165) is 12.8 Å². The van der Waals surface area contributed by atoms with Crippen molar-refractivity contribution >= 4 is 11.9 Å². The monoisotopic (exact) mass is 227 g/mol. The van der Waals surface area contributed by atoms with Gasteiger partial charge in [0.1, 0.15) is 5.60 Å². The van der Waals surface area contributed by atoms with Crippen LogP contribution in [0.2, 0.25) is 0 Å². The van der Waals surface area contributed by atoms with E-state index in [-0.39, 0.29) is 5.78 Å². The molecule has 2 aliphatic rings. The topological polar surface area (TPSA) is 78.9 Å². The molecular weight excluding hydrogens is 210 g/mol. The van der Waals surface area contributed by atoms with Gasteiger partial charge in [-0.15, -0.1) is 0 Å². The third-order valence-corrected chi connectivity index (χ3v) is 3.51. The number of hydrogen-bond donors (Lipinski definition) is 2. The highest BCUT2D eigenvalue weighted by Crippen LogP contribution is 2.34. The Kier molecular flexibility index (Phi) is 2.88. The van der Waals surface area contributed by atoms with Crippen molar-refractivity contribution in [2.75, 3.05) is 6.61 Å². The second-order valence-electron chi connectivity index (χ2n) is 4.92. The van der Waals surface area contributed by atoms with E-state index in [2.05, 4.69) is 5.32 Å². The van der Waals surface area contributed by atoms with Gasteiger partial charge in [0.25, 0.3) is 0 Å². The molecule has 2 atom stereocenters. The zero-order valence-corrected chi connectivity index (χ0v) is 9.36. The fraction of sp³-hybridized carbons (Fsp3) is 0.818. The molecule has 90 valence electrons. The van der Waals surface area contributed by atoms with E-state index in [1.165, 1.54) is 6.42 Å². The summed E-state index contributed by atoms with van der Waals surface area (Å²) in [6.45, 7) is 2.13. The molecule has 2 fully saturated rings. The van der Waals surface area contributed by atoms with Gasteiger partial charge >= 0.3 is 6.09 Å². The van der Waals surface area contributed by atoms with Crippen molar-refractivity contribution in [1.29, 1.82) is 0 Å². The second-order valence-corrected chi connectivity index (χ2v) is 4.92. The Bertz CT molecular complexity index is 307. The summed E-state index contributed by atoms with van der Waals surface area (Å²) in [5.41, 5.74) is -0.739. The molecule has 1 aliphatic carbocycles. The van der Waals surface area contributed by atoms with Gasteiger partial charge in [-0.3, -0.25) is 4.79 Å². The predicted octanol–water partition coefficient (Wildman–Crippen LogP) is 1.17. The standard InChI is InChI=1S/C11H17NO4/c1-11(6-16-11)9(13)8(12-10(14)15)5-7-3-2-4-7/h7-8,12H,2-6H2,1H3,(H,14,15)/t8-,11+/m0/s1. The molecule has 1 aliphatic heterocycles. The third-order valence-electron chi connectivity index (χ3n) is 3.51. The zero-order valence-electron chi connectivity index (χ0n) is 9.36. The number of hydrogen-bond acceptors (Lipinski definition) is 3. The molecule has 2 N–H and O–H groups in total. The highest BCUT2D eigenvalue weighted by molar-refractivity contribution is 5.95. The molecule has 0 bridgehead atoms. The van der Waals surface area contributed by atoms with Crippen LogP contribution in [0.5, 0.6) is 0 Å². The Morgan fingerprint density at radius 3 is 2.56 bits per heavy atom. The summed E-state index contributed by atoms with van der Waals surface area (Å²) >= 11 is 0. The average molecular weight is 227 g/mol. The Morgan fingerprint density at radius 2 is 2.19 bits per heavy atom. The van der Waals surface area contributed by atoms with Gasteiger partial charge in [-0.1, -0.05) is 19.3 Å². The van der Waals surface area contributed by atoms with Crippen molar-refractivity contribution in [3.63, 3.8) is 0 Å². The molecule has 0 aromatic rings. The molecule has 5 nitrogen and oxygen atoms in total. The van der Waals surface area contributed by atoms with Gasteiger partial charge in [0.15, 0.2) is 5.78 Å². The Labute approximate surface area is 94.2 Å². The smallest absolute Gasteiger partial charge is 0.405 e. The highest BCUT2D eigenvalue weighted by atomic mass is 16.6. The van der Waals surface area contributed by atoms with Crippen LogP contribution in [-0.2, 0) is 9.53 Å². The predicted molar refractivity (Wildman–Crippen MR) is 56.3 cm³/mol. The maximum atomic E-state index is 12.0. The van der Waals surface area contributed by atoms with Gasteiger partial charge in [-0.05, 0) is 19.3 Å². The van der Waals surface area contributed by atoms with Crippen LogP contribution in [0.4, 0.5) is 4.79 Å². The van der Waals surface area contributed by atoms with Crippen LogP contribution in [0.15, 0.2) is 0 Å². The number of amides is 1. The fourth-order valence-corrected chi connectivity index (χ4v) is 2.06. The summed E-state index contributed by atoms with van der Waals surface area (Å²) in [6.07, 6.45) is 2.86. The Balaban J connectivity index is 1.95. The number of ketones is 1. The SMILES string of the molecule is C[C@]1(C(=O)[C@H](CC2CCC2)NC(=O)O)CO1. The first-order valence-electron chi connectivity index (χ1n) is 5.69. The summed E-state index contributed by atoms with van der Waals surface area (Å²) in [7, 11) is 0. The minimum absolute atomic E-state index is 0.123. The van der Waals surface area contributed by atoms with Gasteiger partial charge in [0, 0.05) is 0 Å². The summed E-state index contributed by atoms with van der Waals surface area (Å²) in [6, 6.07) is -0.602. The number of carboxylic acid groups (broad SMARTS) is 1. The number of epoxide rings is 1. The maximum absolute atomic E-state index is 12.0. The molecule has 2 rings (SSSR count). The number of carbonyl (C=O) groups is 2. The number of ether oxygens (including phenoxy) is 1. The second kappa shape index (κ2) is 4.05. The van der Waals surface area contributed by atoms with Crippen LogP contribution < -0.4 is 5.32 Å². The van der Waals surface area contributed by atoms with Gasteiger partial charge in [-0.2, -0.15) is 0 Å². The summed E-state index contributed by atoms with van der Waals surface area (Å²) < 4.78 is 5.07. The van der Waals surface area contributed by atoms with Crippen molar-refractivity contribution in [3.05, 3.63) is 0 Å². The van der Waals surface area contributed by atoms with Crippen LogP contribution >= 0.6 is 0 Å². The van der Waals surface area contributed by atoms with Crippen LogP contribution in [0.1, 0.15) is 32.6 Å². The van der Waals surface area contributed by atoms with E-state index in [9.17, 15) is 9.59 Å². The molecule has 1 saturated heterocycles. The largest absolute Gasteiger partial charge is 0.465 e. The first-order valence-corrected chi connectivity index (χ1v) is 5.69. The van der Waals surface area contributed by atoms with Crippen molar-refractivity contribution in [2.45, 2.75) is 44.2 Å². The lowest BCUT2D eigenvalue weighted by Crippen LogP contribution is -2.47. The summed E-state index contributed by atoms with van der Waals surface area (Å²) in [5.74, 6) is 0.366. The molecule has 1 saturated carbocycles. The van der Waals surface area contributed by atoms with E-state index < -0.39 is 17.7 Å². The number of nitrogens with one attached hydrogen (secondary N) is 1. The van der Waals surface area contributed by atoms with Crippen molar-refractivity contribution in [2.24, 2.45) is 5.92 Å². The zero-order chi connectivity index (χ0) is 11.8. The fourth-order valence-electron chi connectivity index (χ4n) is 2.06. The molecule has 1 amide bonds. The Morgan fingerprint density at radius 1 is 1.56 bits per heavy atom. The first kappa shape index (κ1) is 11.4. The molecule has 5 heteroatoms. The maximum Gasteiger partial charge on any atom is 0.405 e. The summed E-state index contributed by atoms with van der Waals surface area (Å²) in [5, 5.41) is 11.0. The molecule has 0 radical (unpaired) electrons. The van der Waals surface area contributed by atoms with Crippen LogP contribution in [-0.4, -0.2) is 35.2 Å². The quantitative estimate of drug-likeness (QED) is 0.691. The number of Topliss-reactive ketones (excluding diaryl/α,β-unsaturated/α-hetero) is 1. The lowest BCUT2D eigenvalue weighted by atomic mass is 9.79. The minimum Gasteiger partial charge on any atom is -0.465 e. The van der Waals surface area contributed by atoms with Crippen molar-refractivity contribution in [1.82, 2.24) is 5.32 Å². The van der Waals surface area contributed by atoms with Crippen LogP contribution in [0.3, 0.4) is 0 Å². The van der Waals surface area contributed by atoms with Crippen LogP contribution in [0, 0.1) is 5.92 Å². The van der Waals surface area contributed by atoms with E-state index >= 15 is 0 Å². The van der Waals surface area contributed by atoms with E-state index in [1.807, 2.05) is 0 Å². The highest BCUT2D eigenvalue weighted by Gasteiger charge is 2.50. The third kappa shape index (κ3) is 2.35. The number of carbonyl (C=O) groups excluding carboxylic acids is 1. The average Bonchev–Trinajstić information content (AvgIpc) is 2.87. The summed E-state index contributed by atoms with van der Waals surface area (Å²) in [4.78, 5) is 22.6. The van der Waals surface area contributed by atoms with Gasteiger partial charge in [0.05, 0.1) is 12.6 Å². The Hall–Kier alpha value is -1.10. The molecule has 0 spiro atoms. The van der Waals surface area contributed by atoms with Gasteiger partial charge in [-0.25, -0.2) is 4.79 Å². The van der Waals surface area contributed by atoms with Gasteiger partial charge < -0.3 is 15.2 Å². The lowest BCUT2D eigenvalue weighted by molar-refractivity contribution is -0.126. The minimum atomic E-state index is -1.14. The van der Waals surface area contributed by atoms with E-state index in [4.69, 9.17) is 9.84 Å². The number of rotatable bonds is 5. The molecule has 0 aromatic carbocycles. The van der Waals surface area contributed by atoms with Gasteiger partial charge in [0.2, 0.25) is 0 Å². The van der Waals surface area contributed by atoms with Crippen molar-refractivity contribution in [3.8, 4) is 0 Å². The van der Waals surface area contributed by atoms with Crippen LogP contribution in [0.25, 0.3) is 0 Å². The molecular formula is C11H17NO4. The van der Waals surface area contributed by atoms with Crippen molar-refractivity contribution < 1.29 is 19.4 Å². The first-order chi connectivity index (χ1) is 7.51. The van der Waals surface area contributed by atoms with E-state index in [0.29, 0.717) is 18.9 Å². The van der Waals surface area contributed by atoms with E-state index in [1.54, 1.807) is 6.92 Å².